The lowest BCUT2D eigenvalue weighted by Crippen LogP contribution is -2.41. The highest BCUT2D eigenvalue weighted by molar-refractivity contribution is 7.89. The van der Waals surface area contributed by atoms with Crippen molar-refractivity contribution in [3.05, 3.63) is 65.9 Å². The minimum atomic E-state index is -3.93. The Morgan fingerprint density at radius 1 is 1.12 bits per heavy atom. The second-order valence-corrected chi connectivity index (χ2v) is 10.6. The second-order valence-electron chi connectivity index (χ2n) is 7.88. The zero-order valence-corrected chi connectivity index (χ0v) is 19.1. The quantitative estimate of drug-likeness (QED) is 0.437. The van der Waals surface area contributed by atoms with Gasteiger partial charge in [-0.15, -0.1) is 11.3 Å². The molecule has 7 nitrogen and oxygen atoms in total. The third kappa shape index (κ3) is 4.17. The Labute approximate surface area is 194 Å². The van der Waals surface area contributed by atoms with E-state index in [1.807, 2.05) is 35.8 Å². The lowest BCUT2D eigenvalue weighted by atomic mass is 9.97. The molecule has 0 unspecified atom stereocenters. The number of benzene rings is 2. The molecule has 0 bridgehead atoms. The summed E-state index contributed by atoms with van der Waals surface area (Å²) in [5.41, 5.74) is 2.76. The van der Waals surface area contributed by atoms with Crippen molar-refractivity contribution in [2.75, 3.05) is 18.4 Å². The number of anilines is 1. The first-order valence-corrected chi connectivity index (χ1v) is 12.8. The molecule has 1 aliphatic heterocycles. The SMILES string of the molecule is O=C(Nc1nc(-c2c[nH]c3ccccc23)cs1)C1CCN(S(=O)(=O)c2ccccc2F)CC1. The van der Waals surface area contributed by atoms with E-state index in [0.717, 1.165) is 28.2 Å². The van der Waals surface area contributed by atoms with E-state index in [9.17, 15) is 17.6 Å². The van der Waals surface area contributed by atoms with E-state index >= 15 is 0 Å². The van der Waals surface area contributed by atoms with Gasteiger partial charge in [-0.3, -0.25) is 4.79 Å². The molecule has 5 rings (SSSR count). The molecule has 1 saturated heterocycles. The van der Waals surface area contributed by atoms with Crippen LogP contribution in [0.2, 0.25) is 0 Å². The Kier molecular flexibility index (Phi) is 5.73. The summed E-state index contributed by atoms with van der Waals surface area (Å²) in [6.45, 7) is 0.320. The minimum absolute atomic E-state index is 0.160. The largest absolute Gasteiger partial charge is 0.360 e. The molecule has 10 heteroatoms. The zero-order chi connectivity index (χ0) is 23.0. The van der Waals surface area contributed by atoms with E-state index in [2.05, 4.69) is 15.3 Å². The maximum absolute atomic E-state index is 14.0. The minimum Gasteiger partial charge on any atom is -0.360 e. The third-order valence-electron chi connectivity index (χ3n) is 5.88. The highest BCUT2D eigenvalue weighted by atomic mass is 32.2. The summed E-state index contributed by atoms with van der Waals surface area (Å²) < 4.78 is 40.8. The molecule has 33 heavy (non-hydrogen) atoms. The van der Waals surface area contributed by atoms with Gasteiger partial charge in [0.25, 0.3) is 0 Å². The van der Waals surface area contributed by atoms with Crippen LogP contribution in [0.4, 0.5) is 9.52 Å². The average molecular weight is 485 g/mol. The summed E-state index contributed by atoms with van der Waals surface area (Å²) in [6, 6.07) is 13.3. The van der Waals surface area contributed by atoms with Gasteiger partial charge in [0.15, 0.2) is 5.13 Å². The average Bonchev–Trinajstić information content (AvgIpc) is 3.46. The van der Waals surface area contributed by atoms with Crippen molar-refractivity contribution in [3.8, 4) is 11.3 Å². The lowest BCUT2D eigenvalue weighted by molar-refractivity contribution is -0.120. The molecule has 1 amide bonds. The molecule has 0 radical (unpaired) electrons. The van der Waals surface area contributed by atoms with Crippen molar-refractivity contribution >= 4 is 43.3 Å². The Morgan fingerprint density at radius 2 is 1.85 bits per heavy atom. The van der Waals surface area contributed by atoms with Gasteiger partial charge in [-0.2, -0.15) is 4.31 Å². The number of hydrogen-bond donors (Lipinski definition) is 2. The molecule has 1 fully saturated rings. The van der Waals surface area contributed by atoms with Crippen LogP contribution in [0.15, 0.2) is 65.0 Å². The van der Waals surface area contributed by atoms with Crippen LogP contribution in [0.1, 0.15) is 12.8 Å². The third-order valence-corrected chi connectivity index (χ3v) is 8.57. The molecule has 0 saturated carbocycles. The number of halogens is 1. The van der Waals surface area contributed by atoms with Crippen molar-refractivity contribution in [2.45, 2.75) is 17.7 Å². The van der Waals surface area contributed by atoms with Gasteiger partial charge in [-0.05, 0) is 31.0 Å². The molecule has 3 heterocycles. The Balaban J connectivity index is 1.23. The first kappa shape index (κ1) is 21.7. The number of carbonyl (C=O) groups excluding carboxylic acids is 1. The fourth-order valence-corrected chi connectivity index (χ4v) is 6.35. The van der Waals surface area contributed by atoms with Gasteiger partial charge in [0.2, 0.25) is 15.9 Å². The maximum Gasteiger partial charge on any atom is 0.245 e. The Bertz CT molecular complexity index is 1420. The molecule has 1 aliphatic rings. The van der Waals surface area contributed by atoms with Crippen molar-refractivity contribution < 1.29 is 17.6 Å². The topological polar surface area (TPSA) is 95.2 Å². The van der Waals surface area contributed by atoms with Gasteiger partial charge in [0.05, 0.1) is 5.69 Å². The van der Waals surface area contributed by atoms with Crippen LogP contribution >= 0.6 is 11.3 Å². The van der Waals surface area contributed by atoms with Crippen molar-refractivity contribution in [1.29, 1.82) is 0 Å². The van der Waals surface area contributed by atoms with Crippen LogP contribution < -0.4 is 5.32 Å². The van der Waals surface area contributed by atoms with Crippen LogP contribution in [0.3, 0.4) is 0 Å². The van der Waals surface area contributed by atoms with Gasteiger partial charge in [-0.1, -0.05) is 30.3 Å². The number of carbonyl (C=O) groups is 1. The van der Waals surface area contributed by atoms with E-state index in [4.69, 9.17) is 0 Å². The van der Waals surface area contributed by atoms with Gasteiger partial charge >= 0.3 is 0 Å². The van der Waals surface area contributed by atoms with Gasteiger partial charge in [0.1, 0.15) is 10.7 Å². The molecular formula is C23H21FN4O3S2. The van der Waals surface area contributed by atoms with E-state index in [1.54, 1.807) is 0 Å². The number of sulfonamides is 1. The predicted octanol–water partition coefficient (Wildman–Crippen LogP) is 4.47. The number of hydrogen-bond acceptors (Lipinski definition) is 5. The van der Waals surface area contributed by atoms with E-state index in [0.29, 0.717) is 18.0 Å². The number of nitrogens with one attached hydrogen (secondary N) is 2. The normalized spacial score (nSPS) is 15.7. The number of amides is 1. The summed E-state index contributed by atoms with van der Waals surface area (Å²) in [5.74, 6) is -1.29. The summed E-state index contributed by atoms with van der Waals surface area (Å²) in [7, 11) is -3.93. The van der Waals surface area contributed by atoms with Crippen LogP contribution in [0.5, 0.6) is 0 Å². The van der Waals surface area contributed by atoms with E-state index in [1.165, 1.54) is 33.8 Å². The highest BCUT2D eigenvalue weighted by Gasteiger charge is 2.33. The molecule has 170 valence electrons. The molecule has 0 spiro atoms. The van der Waals surface area contributed by atoms with Gasteiger partial charge in [0, 0.05) is 47.1 Å². The number of nitrogens with zero attached hydrogens (tertiary/aromatic N) is 2. The number of H-pyrrole nitrogens is 1. The van der Waals surface area contributed by atoms with Crippen LogP contribution in [0.25, 0.3) is 22.2 Å². The van der Waals surface area contributed by atoms with Crippen molar-refractivity contribution in [1.82, 2.24) is 14.3 Å². The summed E-state index contributed by atoms with van der Waals surface area (Å²) in [6.07, 6.45) is 2.62. The van der Waals surface area contributed by atoms with Crippen molar-refractivity contribution in [3.63, 3.8) is 0 Å². The molecule has 4 aromatic rings. The van der Waals surface area contributed by atoms with Gasteiger partial charge < -0.3 is 10.3 Å². The molecule has 0 atom stereocenters. The molecule has 2 N–H and O–H groups in total. The van der Waals surface area contributed by atoms with E-state index < -0.39 is 15.8 Å². The number of thiazole rings is 1. The van der Waals surface area contributed by atoms with Crippen LogP contribution in [0, 0.1) is 11.7 Å². The van der Waals surface area contributed by atoms with Crippen LogP contribution in [-0.2, 0) is 14.8 Å². The second kappa shape index (κ2) is 8.69. The smallest absolute Gasteiger partial charge is 0.245 e. The number of piperidine rings is 1. The summed E-state index contributed by atoms with van der Waals surface area (Å²) in [4.78, 5) is 20.2. The first-order valence-electron chi connectivity index (χ1n) is 10.5. The monoisotopic (exact) mass is 484 g/mol. The molecule has 2 aromatic carbocycles. The number of rotatable bonds is 5. The van der Waals surface area contributed by atoms with Gasteiger partial charge in [-0.25, -0.2) is 17.8 Å². The predicted molar refractivity (Wildman–Crippen MR) is 126 cm³/mol. The standard InChI is InChI=1S/C23H21FN4O3S2/c24-18-6-2-4-8-21(18)33(30,31)28-11-9-15(10-12-28)22(29)27-23-26-20(14-32-23)17-13-25-19-7-3-1-5-16(17)19/h1-8,13-15,25H,9-12H2,(H,26,27,29). The number of aromatic amines is 1. The highest BCUT2D eigenvalue weighted by Crippen LogP contribution is 2.32. The lowest BCUT2D eigenvalue weighted by Gasteiger charge is -2.30. The fourth-order valence-electron chi connectivity index (χ4n) is 4.10. The molecular weight excluding hydrogens is 463 g/mol. The van der Waals surface area contributed by atoms with E-state index in [-0.39, 0.29) is 29.8 Å². The van der Waals surface area contributed by atoms with Crippen LogP contribution in [-0.4, -0.2) is 41.7 Å². The maximum atomic E-state index is 14.0. The molecule has 0 aliphatic carbocycles. The Hall–Kier alpha value is -3.08. The van der Waals surface area contributed by atoms with Crippen molar-refractivity contribution in [2.24, 2.45) is 5.92 Å². The first-order chi connectivity index (χ1) is 15.9. The number of para-hydroxylation sites is 1. The fraction of sp³-hybridized carbons (Fsp3) is 0.217. The summed E-state index contributed by atoms with van der Waals surface area (Å²) >= 11 is 1.35. The number of aromatic nitrogens is 2. The molecule has 2 aromatic heterocycles. The number of fused-ring (bicyclic) bond motifs is 1. The zero-order valence-electron chi connectivity index (χ0n) is 17.5. The summed E-state index contributed by atoms with van der Waals surface area (Å²) in [5, 5.41) is 6.33. The Morgan fingerprint density at radius 3 is 2.64 bits per heavy atom.